The number of carbonyl (C=O) groups excluding carboxylic acids is 2. The Morgan fingerprint density at radius 1 is 1.02 bits per heavy atom. The minimum Gasteiger partial charge on any atom is -0.444 e. The van der Waals surface area contributed by atoms with Crippen LogP contribution >= 0.6 is 0 Å². The lowest BCUT2D eigenvalue weighted by Gasteiger charge is -2.35. The molecule has 2 amide bonds. The van der Waals surface area contributed by atoms with Crippen LogP contribution in [0.5, 0.6) is 0 Å². The second-order valence-corrected chi connectivity index (χ2v) is 11.5. The van der Waals surface area contributed by atoms with Gasteiger partial charge in [-0.3, -0.25) is 14.7 Å². The van der Waals surface area contributed by atoms with Crippen molar-refractivity contribution in [3.8, 4) is 0 Å². The van der Waals surface area contributed by atoms with E-state index in [0.717, 1.165) is 5.56 Å². The zero-order valence-electron chi connectivity index (χ0n) is 23.8. The summed E-state index contributed by atoms with van der Waals surface area (Å²) in [6.45, 7) is 9.46. The summed E-state index contributed by atoms with van der Waals surface area (Å²) in [5.41, 5.74) is 0.832. The van der Waals surface area contributed by atoms with E-state index in [9.17, 15) is 14.0 Å². The van der Waals surface area contributed by atoms with Crippen molar-refractivity contribution in [2.24, 2.45) is 0 Å². The van der Waals surface area contributed by atoms with Gasteiger partial charge in [-0.25, -0.2) is 9.18 Å². The molecule has 1 N–H and O–H groups in total. The van der Waals surface area contributed by atoms with Gasteiger partial charge in [0.1, 0.15) is 17.1 Å². The van der Waals surface area contributed by atoms with Crippen LogP contribution in [-0.4, -0.2) is 51.9 Å². The molecule has 0 unspecified atom stereocenters. The van der Waals surface area contributed by atoms with Gasteiger partial charge in [0.05, 0.1) is 23.4 Å². The molecule has 1 aromatic heterocycles. The molecule has 8 heteroatoms. The number of nitrogens with zero attached hydrogens (tertiary/aromatic N) is 2. The van der Waals surface area contributed by atoms with Gasteiger partial charge in [-0.05, 0) is 76.8 Å². The third kappa shape index (κ3) is 7.24. The Morgan fingerprint density at radius 2 is 1.73 bits per heavy atom. The lowest BCUT2D eigenvalue weighted by atomic mass is 9.95. The maximum absolute atomic E-state index is 14.8. The standard InChI is InChI=1S/C32H38FN3O4/c1-31(2,3)40-30(38)36-27(20-23-14-9-10-16-25(23)33)28(39-32(36,4)5)21-26-24(15-11-18-34-26)29(37)35-19-17-22-12-7-6-8-13-22/h6-16,18,27-28H,17,19-21H2,1-5H3,(H,35,37)/t27-,28+/m1/s1. The van der Waals surface area contributed by atoms with Crippen LogP contribution in [0.25, 0.3) is 0 Å². The molecule has 212 valence electrons. The van der Waals surface area contributed by atoms with Crippen molar-refractivity contribution in [1.29, 1.82) is 0 Å². The number of amides is 2. The highest BCUT2D eigenvalue weighted by Crippen LogP contribution is 2.37. The van der Waals surface area contributed by atoms with E-state index in [1.807, 2.05) is 30.3 Å². The Morgan fingerprint density at radius 3 is 2.42 bits per heavy atom. The molecule has 0 radical (unpaired) electrons. The highest BCUT2D eigenvalue weighted by Gasteiger charge is 2.51. The quantitative estimate of drug-likeness (QED) is 0.390. The normalized spacial score (nSPS) is 18.4. The lowest BCUT2D eigenvalue weighted by molar-refractivity contribution is -0.0785. The van der Waals surface area contributed by atoms with Crippen molar-refractivity contribution in [3.63, 3.8) is 0 Å². The minimum atomic E-state index is -1.03. The van der Waals surface area contributed by atoms with E-state index >= 15 is 0 Å². The maximum atomic E-state index is 14.8. The van der Waals surface area contributed by atoms with E-state index in [-0.39, 0.29) is 24.6 Å². The number of hydrogen-bond acceptors (Lipinski definition) is 5. The van der Waals surface area contributed by atoms with Crippen molar-refractivity contribution in [1.82, 2.24) is 15.2 Å². The van der Waals surface area contributed by atoms with Gasteiger partial charge in [0, 0.05) is 19.2 Å². The third-order valence-electron chi connectivity index (χ3n) is 6.83. The molecule has 7 nitrogen and oxygen atoms in total. The summed E-state index contributed by atoms with van der Waals surface area (Å²) >= 11 is 0. The fourth-order valence-electron chi connectivity index (χ4n) is 5.09. The number of hydrogen-bond donors (Lipinski definition) is 1. The Bertz CT molecular complexity index is 1320. The predicted molar refractivity (Wildman–Crippen MR) is 151 cm³/mol. The Hall–Kier alpha value is -3.78. The first-order chi connectivity index (χ1) is 18.9. The van der Waals surface area contributed by atoms with E-state index in [4.69, 9.17) is 9.47 Å². The van der Waals surface area contributed by atoms with Crippen molar-refractivity contribution in [2.45, 2.75) is 77.4 Å². The summed E-state index contributed by atoms with van der Waals surface area (Å²) in [5, 5.41) is 2.99. The van der Waals surface area contributed by atoms with Gasteiger partial charge in [-0.15, -0.1) is 0 Å². The SMILES string of the molecule is CC(C)(C)OC(=O)N1[C@H](Cc2ccccc2F)[C@H](Cc2ncccc2C(=O)NCCc2ccccc2)OC1(C)C. The molecule has 1 aliphatic heterocycles. The topological polar surface area (TPSA) is 80.8 Å². The summed E-state index contributed by atoms with van der Waals surface area (Å²) in [6.07, 6.45) is 1.70. The molecular formula is C32H38FN3O4. The van der Waals surface area contributed by atoms with Crippen molar-refractivity contribution in [2.75, 3.05) is 6.54 Å². The maximum Gasteiger partial charge on any atom is 0.412 e. The first kappa shape index (κ1) is 29.2. The van der Waals surface area contributed by atoms with Crippen LogP contribution < -0.4 is 5.32 Å². The van der Waals surface area contributed by atoms with E-state index < -0.39 is 29.6 Å². The molecule has 0 aliphatic carbocycles. The average Bonchev–Trinajstić information content (AvgIpc) is 3.14. The second-order valence-electron chi connectivity index (χ2n) is 11.5. The van der Waals surface area contributed by atoms with Crippen LogP contribution in [0.15, 0.2) is 72.9 Å². The van der Waals surface area contributed by atoms with Crippen molar-refractivity contribution < 1.29 is 23.5 Å². The number of halogens is 1. The molecule has 3 aromatic rings. The lowest BCUT2D eigenvalue weighted by Crippen LogP contribution is -2.51. The molecule has 0 bridgehead atoms. The number of rotatable bonds is 8. The van der Waals surface area contributed by atoms with Crippen LogP contribution in [-0.2, 0) is 28.7 Å². The highest BCUT2D eigenvalue weighted by atomic mass is 19.1. The third-order valence-corrected chi connectivity index (χ3v) is 6.83. The molecule has 0 spiro atoms. The monoisotopic (exact) mass is 547 g/mol. The zero-order valence-corrected chi connectivity index (χ0v) is 23.8. The largest absolute Gasteiger partial charge is 0.444 e. The van der Waals surface area contributed by atoms with Gasteiger partial charge < -0.3 is 14.8 Å². The molecule has 0 saturated carbocycles. The van der Waals surface area contributed by atoms with Gasteiger partial charge in [0.25, 0.3) is 5.91 Å². The summed E-state index contributed by atoms with van der Waals surface area (Å²) in [6, 6.07) is 19.3. The van der Waals surface area contributed by atoms with Gasteiger partial charge in [-0.1, -0.05) is 48.5 Å². The van der Waals surface area contributed by atoms with E-state index in [1.54, 1.807) is 76.0 Å². The van der Waals surface area contributed by atoms with Crippen LogP contribution in [0, 0.1) is 5.82 Å². The summed E-state index contributed by atoms with van der Waals surface area (Å²) in [7, 11) is 0. The van der Waals surface area contributed by atoms with Crippen LogP contribution in [0.4, 0.5) is 9.18 Å². The molecule has 4 rings (SSSR count). The fourth-order valence-corrected chi connectivity index (χ4v) is 5.09. The summed E-state index contributed by atoms with van der Waals surface area (Å²) in [5.74, 6) is -0.586. The zero-order chi connectivity index (χ0) is 28.9. The van der Waals surface area contributed by atoms with Gasteiger partial charge in [0.15, 0.2) is 0 Å². The molecular weight excluding hydrogens is 509 g/mol. The number of pyridine rings is 1. The van der Waals surface area contributed by atoms with Crippen LogP contribution in [0.1, 0.15) is 61.8 Å². The molecule has 2 aromatic carbocycles. The van der Waals surface area contributed by atoms with Crippen LogP contribution in [0.3, 0.4) is 0 Å². The molecule has 2 heterocycles. The Kier molecular flexibility index (Phi) is 8.88. The van der Waals surface area contributed by atoms with E-state index in [0.29, 0.717) is 29.8 Å². The smallest absolute Gasteiger partial charge is 0.412 e. The van der Waals surface area contributed by atoms with Gasteiger partial charge >= 0.3 is 6.09 Å². The van der Waals surface area contributed by atoms with Gasteiger partial charge in [-0.2, -0.15) is 0 Å². The molecule has 1 aliphatic rings. The summed E-state index contributed by atoms with van der Waals surface area (Å²) in [4.78, 5) is 32.7. The predicted octanol–water partition coefficient (Wildman–Crippen LogP) is 5.72. The van der Waals surface area contributed by atoms with E-state index in [1.165, 1.54) is 6.07 Å². The summed E-state index contributed by atoms with van der Waals surface area (Å²) < 4.78 is 26.9. The highest BCUT2D eigenvalue weighted by molar-refractivity contribution is 5.95. The number of benzene rings is 2. The Labute approximate surface area is 235 Å². The fraction of sp³-hybridized carbons (Fsp3) is 0.406. The molecule has 2 atom stereocenters. The van der Waals surface area contributed by atoms with Gasteiger partial charge in [0.2, 0.25) is 0 Å². The second kappa shape index (κ2) is 12.2. The van der Waals surface area contributed by atoms with Crippen molar-refractivity contribution in [3.05, 3.63) is 101 Å². The Balaban J connectivity index is 1.58. The first-order valence-corrected chi connectivity index (χ1v) is 13.6. The minimum absolute atomic E-state index is 0.214. The first-order valence-electron chi connectivity index (χ1n) is 13.6. The average molecular weight is 548 g/mol. The number of nitrogens with one attached hydrogen (secondary N) is 1. The number of ether oxygens (including phenoxy) is 2. The van der Waals surface area contributed by atoms with Crippen molar-refractivity contribution >= 4 is 12.0 Å². The number of carbonyl (C=O) groups is 2. The molecule has 40 heavy (non-hydrogen) atoms. The number of aromatic nitrogens is 1. The molecule has 1 saturated heterocycles. The molecule has 1 fully saturated rings. The van der Waals surface area contributed by atoms with Crippen LogP contribution in [0.2, 0.25) is 0 Å². The van der Waals surface area contributed by atoms with E-state index in [2.05, 4.69) is 10.3 Å².